The fraction of sp³-hybridized carbons (Fsp3) is 0.0833. The molecule has 1 aromatic carbocycles. The Kier molecular flexibility index (Phi) is 3.77. The fourth-order valence-electron chi connectivity index (χ4n) is 1.23. The monoisotopic (exact) mass is 235 g/mol. The quantitative estimate of drug-likeness (QED) is 0.750. The predicted molar refractivity (Wildman–Crippen MR) is 62.6 cm³/mol. The Hall–Kier alpha value is -1.55. The number of halogens is 1. The van der Waals surface area contributed by atoms with Crippen molar-refractivity contribution in [3.63, 3.8) is 0 Å². The van der Waals surface area contributed by atoms with Gasteiger partial charge in [0.05, 0.1) is 4.90 Å². The third-order valence-electron chi connectivity index (χ3n) is 1.91. The number of hydrogen-bond donors (Lipinski definition) is 0. The summed E-state index contributed by atoms with van der Waals surface area (Å²) in [5.41, 5.74) is 0. The van der Waals surface area contributed by atoms with Gasteiger partial charge >= 0.3 is 0 Å². The molecule has 0 aliphatic carbocycles. The van der Waals surface area contributed by atoms with Crippen LogP contribution in [-0.2, 0) is 0 Å². The summed E-state index contributed by atoms with van der Waals surface area (Å²) in [7, 11) is 0. The maximum atomic E-state index is 12.3. The number of nitrogens with zero attached hydrogens (tertiary/aromatic N) is 1. The minimum Gasteiger partial charge on any atom is -0.438 e. The summed E-state index contributed by atoms with van der Waals surface area (Å²) in [4.78, 5) is 4.82. The second-order valence-electron chi connectivity index (χ2n) is 2.97. The first kappa shape index (κ1) is 11.0. The average molecular weight is 235 g/mol. The van der Waals surface area contributed by atoms with Crippen molar-refractivity contribution in [2.75, 3.05) is 6.01 Å². The maximum Gasteiger partial charge on any atom is 0.219 e. The number of benzene rings is 1. The maximum absolute atomic E-state index is 12.3. The normalized spacial score (nSPS) is 10.1. The predicted octanol–water partition coefficient (Wildman–Crippen LogP) is 3.89. The molecule has 0 fully saturated rings. The van der Waals surface area contributed by atoms with Crippen LogP contribution in [-0.4, -0.2) is 11.0 Å². The molecule has 0 saturated carbocycles. The minimum atomic E-state index is -0.470. The van der Waals surface area contributed by atoms with Gasteiger partial charge in [0.2, 0.25) is 5.88 Å². The number of hydrogen-bond acceptors (Lipinski definition) is 3. The molecular weight excluding hydrogens is 225 g/mol. The zero-order chi connectivity index (χ0) is 11.2. The van der Waals surface area contributed by atoms with Crippen molar-refractivity contribution in [2.45, 2.75) is 4.90 Å². The van der Waals surface area contributed by atoms with E-state index in [9.17, 15) is 4.39 Å². The summed E-state index contributed by atoms with van der Waals surface area (Å²) in [6, 6.07) is 12.3. The van der Waals surface area contributed by atoms with E-state index in [1.165, 1.54) is 0 Å². The van der Waals surface area contributed by atoms with E-state index in [4.69, 9.17) is 4.74 Å². The molecule has 82 valence electrons. The lowest BCUT2D eigenvalue weighted by Crippen LogP contribution is -1.88. The lowest BCUT2D eigenvalue weighted by Gasteiger charge is -2.08. The molecule has 0 radical (unpaired) electrons. The van der Waals surface area contributed by atoms with Crippen molar-refractivity contribution in [3.05, 3.63) is 48.7 Å². The van der Waals surface area contributed by atoms with Gasteiger partial charge < -0.3 is 4.74 Å². The van der Waals surface area contributed by atoms with Gasteiger partial charge in [-0.3, -0.25) is 0 Å². The Balaban J connectivity index is 2.21. The number of thioether (sulfide) groups is 1. The number of aromatic nitrogens is 1. The van der Waals surface area contributed by atoms with Crippen molar-refractivity contribution in [1.82, 2.24) is 4.98 Å². The van der Waals surface area contributed by atoms with Gasteiger partial charge in [0.1, 0.15) is 11.8 Å². The van der Waals surface area contributed by atoms with Gasteiger partial charge in [0, 0.05) is 12.3 Å². The van der Waals surface area contributed by atoms with E-state index in [-0.39, 0.29) is 0 Å². The van der Waals surface area contributed by atoms with Gasteiger partial charge in [0.15, 0.2) is 0 Å². The highest BCUT2D eigenvalue weighted by molar-refractivity contribution is 7.99. The molecule has 0 aliphatic heterocycles. The van der Waals surface area contributed by atoms with Crippen LogP contribution in [0.4, 0.5) is 4.39 Å². The number of rotatable bonds is 4. The van der Waals surface area contributed by atoms with E-state index in [1.54, 1.807) is 18.3 Å². The van der Waals surface area contributed by atoms with Gasteiger partial charge in [-0.2, -0.15) is 0 Å². The lowest BCUT2D eigenvalue weighted by molar-refractivity contribution is 0.452. The Morgan fingerprint density at radius 2 is 1.94 bits per heavy atom. The van der Waals surface area contributed by atoms with E-state index in [2.05, 4.69) is 4.98 Å². The van der Waals surface area contributed by atoms with Crippen LogP contribution in [0.25, 0.3) is 0 Å². The zero-order valence-electron chi connectivity index (χ0n) is 8.47. The van der Waals surface area contributed by atoms with E-state index in [0.717, 1.165) is 16.7 Å². The summed E-state index contributed by atoms with van der Waals surface area (Å²) in [6.45, 7) is 0. The van der Waals surface area contributed by atoms with Gasteiger partial charge in [0.25, 0.3) is 0 Å². The number of alkyl halides is 1. The number of pyridine rings is 1. The molecule has 0 atom stereocenters. The van der Waals surface area contributed by atoms with Gasteiger partial charge in [-0.1, -0.05) is 30.0 Å². The largest absolute Gasteiger partial charge is 0.438 e. The highest BCUT2D eigenvalue weighted by Gasteiger charge is 2.04. The molecule has 1 aromatic heterocycles. The second-order valence-corrected chi connectivity index (χ2v) is 3.92. The summed E-state index contributed by atoms with van der Waals surface area (Å²) in [5, 5.41) is 0. The van der Waals surface area contributed by atoms with Crippen LogP contribution in [0, 0.1) is 0 Å². The SMILES string of the molecule is FCSc1ccccc1Oc1ccccn1. The first-order valence-electron chi connectivity index (χ1n) is 4.77. The minimum absolute atomic E-state index is 0.470. The Morgan fingerprint density at radius 1 is 1.12 bits per heavy atom. The topological polar surface area (TPSA) is 22.1 Å². The summed E-state index contributed by atoms with van der Waals surface area (Å²) >= 11 is 1.10. The molecule has 0 N–H and O–H groups in total. The number of para-hydroxylation sites is 1. The standard InChI is InChI=1S/C12H10FNOS/c13-9-16-11-6-2-1-5-10(11)15-12-7-3-4-8-14-12/h1-8H,9H2. The average Bonchev–Trinajstić information content (AvgIpc) is 2.33. The molecule has 1 heterocycles. The molecule has 0 spiro atoms. The third-order valence-corrected chi connectivity index (χ3v) is 2.67. The van der Waals surface area contributed by atoms with E-state index in [0.29, 0.717) is 11.6 Å². The van der Waals surface area contributed by atoms with Crippen molar-refractivity contribution in [1.29, 1.82) is 0 Å². The van der Waals surface area contributed by atoms with Crippen LogP contribution >= 0.6 is 11.8 Å². The van der Waals surface area contributed by atoms with E-state index < -0.39 is 6.01 Å². The molecule has 2 nitrogen and oxygen atoms in total. The van der Waals surface area contributed by atoms with Crippen molar-refractivity contribution >= 4 is 11.8 Å². The molecule has 0 bridgehead atoms. The summed E-state index contributed by atoms with van der Waals surface area (Å²) < 4.78 is 17.9. The van der Waals surface area contributed by atoms with Crippen LogP contribution in [0.2, 0.25) is 0 Å². The molecule has 16 heavy (non-hydrogen) atoms. The van der Waals surface area contributed by atoms with Crippen LogP contribution in [0.15, 0.2) is 53.6 Å². The van der Waals surface area contributed by atoms with Gasteiger partial charge in [-0.15, -0.1) is 0 Å². The first-order valence-corrected chi connectivity index (χ1v) is 5.75. The zero-order valence-corrected chi connectivity index (χ0v) is 9.28. The van der Waals surface area contributed by atoms with E-state index in [1.807, 2.05) is 30.3 Å². The smallest absolute Gasteiger partial charge is 0.219 e. The highest BCUT2D eigenvalue weighted by Crippen LogP contribution is 2.31. The van der Waals surface area contributed by atoms with Gasteiger partial charge in [-0.25, -0.2) is 9.37 Å². The molecule has 4 heteroatoms. The molecule has 0 aliphatic rings. The van der Waals surface area contributed by atoms with Crippen molar-refractivity contribution in [3.8, 4) is 11.6 Å². The Morgan fingerprint density at radius 3 is 2.69 bits per heavy atom. The lowest BCUT2D eigenvalue weighted by atomic mass is 10.3. The van der Waals surface area contributed by atoms with Crippen molar-refractivity contribution in [2.24, 2.45) is 0 Å². The van der Waals surface area contributed by atoms with Crippen LogP contribution in [0.1, 0.15) is 0 Å². The number of ether oxygens (including phenoxy) is 1. The van der Waals surface area contributed by atoms with Crippen LogP contribution in [0.5, 0.6) is 11.6 Å². The summed E-state index contributed by atoms with van der Waals surface area (Å²) in [5.74, 6) is 1.14. The molecule has 2 aromatic rings. The molecule has 0 amide bonds. The van der Waals surface area contributed by atoms with Crippen LogP contribution in [0.3, 0.4) is 0 Å². The van der Waals surface area contributed by atoms with E-state index >= 15 is 0 Å². The molecule has 2 rings (SSSR count). The summed E-state index contributed by atoms with van der Waals surface area (Å²) in [6.07, 6.45) is 1.65. The second kappa shape index (κ2) is 5.51. The fourth-order valence-corrected chi connectivity index (χ4v) is 1.78. The third kappa shape index (κ3) is 2.73. The Bertz CT molecular complexity index is 450. The van der Waals surface area contributed by atoms with Crippen molar-refractivity contribution < 1.29 is 9.13 Å². The van der Waals surface area contributed by atoms with Crippen LogP contribution < -0.4 is 4.74 Å². The van der Waals surface area contributed by atoms with Gasteiger partial charge in [-0.05, 0) is 18.2 Å². The highest BCUT2D eigenvalue weighted by atomic mass is 32.2. The Labute approximate surface area is 97.5 Å². The molecular formula is C12H10FNOS. The first-order chi connectivity index (χ1) is 7.90. The molecule has 0 saturated heterocycles. The molecule has 0 unspecified atom stereocenters.